The molecule has 0 aromatic rings. The zero-order valence-corrected chi connectivity index (χ0v) is 10.1. The molecule has 80 valence electrons. The van der Waals surface area contributed by atoms with Crippen LogP contribution in [0.3, 0.4) is 0 Å². The van der Waals surface area contributed by atoms with Crippen molar-refractivity contribution in [3.8, 4) is 0 Å². The zero-order chi connectivity index (χ0) is 10.3. The molecule has 0 saturated carbocycles. The third-order valence-electron chi connectivity index (χ3n) is 1.72. The van der Waals surface area contributed by atoms with Crippen LogP contribution in [0.2, 0.25) is 6.55 Å². The maximum absolute atomic E-state index is 5.58. The first-order valence-corrected chi connectivity index (χ1v) is 6.87. The van der Waals surface area contributed by atoms with E-state index in [1.165, 1.54) is 0 Å². The van der Waals surface area contributed by atoms with Gasteiger partial charge in [-0.1, -0.05) is 0 Å². The summed E-state index contributed by atoms with van der Waals surface area (Å²) in [6, 6.07) is 0. The van der Waals surface area contributed by atoms with E-state index in [-0.39, 0.29) is 5.91 Å². The molecular weight excluding hydrogens is 188 g/mol. The topological polar surface area (TPSA) is 36.9 Å². The molecule has 0 radical (unpaired) electrons. The van der Waals surface area contributed by atoms with E-state index in [2.05, 4.69) is 0 Å². The van der Waals surface area contributed by atoms with Gasteiger partial charge in [0.25, 0.3) is 0 Å². The molecule has 0 aromatic heterocycles. The van der Waals surface area contributed by atoms with Gasteiger partial charge in [0.05, 0.1) is 0 Å². The van der Waals surface area contributed by atoms with Crippen LogP contribution < -0.4 is 0 Å². The average Bonchev–Trinajstić information content (AvgIpc) is 2.07. The van der Waals surface area contributed by atoms with Gasteiger partial charge in [-0.2, -0.15) is 0 Å². The highest BCUT2D eigenvalue weighted by Crippen LogP contribution is 2.15. The fraction of sp³-hybridized carbons (Fsp3) is 1.00. The lowest BCUT2D eigenvalue weighted by Crippen LogP contribution is -2.52. The first kappa shape index (κ1) is 13.1. The van der Waals surface area contributed by atoms with Crippen LogP contribution in [-0.4, -0.2) is 41.9 Å². The predicted octanol–water partition coefficient (Wildman–Crippen LogP) is 1.29. The summed E-state index contributed by atoms with van der Waals surface area (Å²) < 4.78 is 21.5. The van der Waals surface area contributed by atoms with Gasteiger partial charge >= 0.3 is 8.56 Å². The Hall–Kier alpha value is 0.0569. The van der Waals surface area contributed by atoms with Crippen LogP contribution in [0.1, 0.15) is 13.8 Å². The summed E-state index contributed by atoms with van der Waals surface area (Å²) in [5, 5.41) is 0. The summed E-state index contributed by atoms with van der Waals surface area (Å²) in [6.07, 6.45) is 0. The van der Waals surface area contributed by atoms with Crippen LogP contribution in [0.25, 0.3) is 0 Å². The van der Waals surface area contributed by atoms with Crippen LogP contribution in [0, 0.1) is 0 Å². The smallest absolute Gasteiger partial charge is 0.392 e. The van der Waals surface area contributed by atoms with E-state index in [0.717, 1.165) is 0 Å². The highest BCUT2D eigenvalue weighted by molar-refractivity contribution is 6.67. The molecule has 0 spiro atoms. The second-order valence-corrected chi connectivity index (χ2v) is 5.77. The largest absolute Gasteiger partial charge is 0.393 e. The standard InChI is InChI=1S/C8H20O4Si/c1-6-11-13(5,12-7-2)8(9-3)10-4/h8H,6-7H2,1-5H3. The summed E-state index contributed by atoms with van der Waals surface area (Å²) in [7, 11) is 0.866. The summed E-state index contributed by atoms with van der Waals surface area (Å²) in [4.78, 5) is 0. The minimum absolute atomic E-state index is 0.368. The Morgan fingerprint density at radius 3 is 1.62 bits per heavy atom. The van der Waals surface area contributed by atoms with Crippen molar-refractivity contribution in [2.75, 3.05) is 27.4 Å². The number of rotatable bonds is 7. The first-order chi connectivity index (χ1) is 6.14. The number of hydrogen-bond donors (Lipinski definition) is 0. The molecule has 0 heterocycles. The number of ether oxygens (including phenoxy) is 2. The fourth-order valence-corrected chi connectivity index (χ4v) is 3.63. The normalized spacial score (nSPS) is 12.5. The summed E-state index contributed by atoms with van der Waals surface area (Å²) >= 11 is 0. The Bertz CT molecular complexity index is 121. The van der Waals surface area contributed by atoms with Gasteiger partial charge in [-0.05, 0) is 20.4 Å². The van der Waals surface area contributed by atoms with E-state index in [9.17, 15) is 0 Å². The van der Waals surface area contributed by atoms with E-state index in [1.807, 2.05) is 20.4 Å². The highest BCUT2D eigenvalue weighted by Gasteiger charge is 2.42. The summed E-state index contributed by atoms with van der Waals surface area (Å²) in [5.41, 5.74) is 0. The van der Waals surface area contributed by atoms with Gasteiger partial charge in [-0.3, -0.25) is 0 Å². The Morgan fingerprint density at radius 2 is 1.38 bits per heavy atom. The average molecular weight is 208 g/mol. The molecule has 5 heteroatoms. The highest BCUT2D eigenvalue weighted by atomic mass is 28.4. The van der Waals surface area contributed by atoms with E-state index >= 15 is 0 Å². The SMILES string of the molecule is CCO[Si](C)(OCC)C(OC)OC. The quantitative estimate of drug-likeness (QED) is 0.467. The van der Waals surface area contributed by atoms with Gasteiger partial charge in [0.15, 0.2) is 5.91 Å². The van der Waals surface area contributed by atoms with E-state index in [1.54, 1.807) is 14.2 Å². The molecule has 0 aliphatic rings. The minimum Gasteiger partial charge on any atom is -0.392 e. The Morgan fingerprint density at radius 1 is 1.00 bits per heavy atom. The molecule has 0 aliphatic heterocycles. The van der Waals surface area contributed by atoms with E-state index in [4.69, 9.17) is 18.3 Å². The second-order valence-electron chi connectivity index (χ2n) is 2.69. The minimum atomic E-state index is -2.32. The first-order valence-electron chi connectivity index (χ1n) is 4.48. The van der Waals surface area contributed by atoms with Crippen molar-refractivity contribution in [1.82, 2.24) is 0 Å². The van der Waals surface area contributed by atoms with Crippen LogP contribution >= 0.6 is 0 Å². The predicted molar refractivity (Wildman–Crippen MR) is 52.7 cm³/mol. The van der Waals surface area contributed by atoms with Crippen LogP contribution in [0.4, 0.5) is 0 Å². The molecule has 0 aliphatic carbocycles. The van der Waals surface area contributed by atoms with Crippen molar-refractivity contribution in [2.45, 2.75) is 26.3 Å². The maximum atomic E-state index is 5.58. The third-order valence-corrected chi connectivity index (χ3v) is 4.77. The Balaban J connectivity index is 4.33. The van der Waals surface area contributed by atoms with Crippen molar-refractivity contribution in [3.63, 3.8) is 0 Å². The van der Waals surface area contributed by atoms with Crippen LogP contribution in [0.5, 0.6) is 0 Å². The summed E-state index contributed by atoms with van der Waals surface area (Å²) in [5.74, 6) is -0.368. The van der Waals surface area contributed by atoms with Gasteiger partial charge in [-0.25, -0.2) is 0 Å². The number of hydrogen-bond acceptors (Lipinski definition) is 4. The Labute approximate surface area is 81.4 Å². The van der Waals surface area contributed by atoms with Gasteiger partial charge in [0, 0.05) is 27.4 Å². The lowest BCUT2D eigenvalue weighted by atomic mass is 10.9. The van der Waals surface area contributed by atoms with Crippen molar-refractivity contribution in [2.24, 2.45) is 0 Å². The lowest BCUT2D eigenvalue weighted by Gasteiger charge is -2.31. The van der Waals surface area contributed by atoms with E-state index < -0.39 is 8.56 Å². The molecule has 0 N–H and O–H groups in total. The zero-order valence-electron chi connectivity index (χ0n) is 9.12. The molecule has 0 atom stereocenters. The van der Waals surface area contributed by atoms with Crippen molar-refractivity contribution in [3.05, 3.63) is 0 Å². The third kappa shape index (κ3) is 3.74. The molecule has 0 unspecified atom stereocenters. The molecule has 0 aromatic carbocycles. The molecule has 0 rings (SSSR count). The molecule has 13 heavy (non-hydrogen) atoms. The van der Waals surface area contributed by atoms with Gasteiger partial charge in [0.1, 0.15) is 0 Å². The monoisotopic (exact) mass is 208 g/mol. The van der Waals surface area contributed by atoms with Gasteiger partial charge < -0.3 is 18.3 Å². The maximum Gasteiger partial charge on any atom is 0.393 e. The Kier molecular flexibility index (Phi) is 6.53. The van der Waals surface area contributed by atoms with Crippen molar-refractivity contribution in [1.29, 1.82) is 0 Å². The van der Waals surface area contributed by atoms with Crippen molar-refractivity contribution >= 4 is 8.56 Å². The molecule has 4 nitrogen and oxygen atoms in total. The van der Waals surface area contributed by atoms with Crippen molar-refractivity contribution < 1.29 is 18.3 Å². The van der Waals surface area contributed by atoms with Gasteiger partial charge in [0.2, 0.25) is 0 Å². The van der Waals surface area contributed by atoms with E-state index in [0.29, 0.717) is 13.2 Å². The van der Waals surface area contributed by atoms with Crippen LogP contribution in [0.15, 0.2) is 0 Å². The fourth-order valence-electron chi connectivity index (χ4n) is 1.28. The second kappa shape index (κ2) is 6.50. The van der Waals surface area contributed by atoms with Gasteiger partial charge in [-0.15, -0.1) is 0 Å². The lowest BCUT2D eigenvalue weighted by molar-refractivity contribution is -0.0803. The molecule has 0 bridgehead atoms. The number of methoxy groups -OCH3 is 2. The summed E-state index contributed by atoms with van der Waals surface area (Å²) in [6.45, 7) is 7.05. The molecular formula is C8H20O4Si. The molecule has 0 fully saturated rings. The molecule has 0 saturated heterocycles. The molecule has 0 amide bonds. The van der Waals surface area contributed by atoms with Crippen LogP contribution in [-0.2, 0) is 18.3 Å².